The molecule has 0 unspecified atom stereocenters. The fourth-order valence-corrected chi connectivity index (χ4v) is 2.23. The Morgan fingerprint density at radius 3 is 2.71 bits per heavy atom. The molecule has 1 aromatic carbocycles. The quantitative estimate of drug-likeness (QED) is 0.924. The Bertz CT molecular complexity index is 616. The molecule has 0 saturated carbocycles. The van der Waals surface area contributed by atoms with Crippen LogP contribution >= 0.6 is 11.6 Å². The van der Waals surface area contributed by atoms with Crippen LogP contribution in [-0.2, 0) is 0 Å². The molecular weight excluding hydrogens is 286 g/mol. The van der Waals surface area contributed by atoms with E-state index >= 15 is 0 Å². The number of pyridine rings is 1. The highest BCUT2D eigenvalue weighted by Gasteiger charge is 2.10. The number of halogens is 1. The normalized spacial score (nSPS) is 10.2. The van der Waals surface area contributed by atoms with Crippen molar-refractivity contribution in [2.75, 3.05) is 25.0 Å². The number of benzene rings is 1. The molecule has 0 bridgehead atoms. The first-order chi connectivity index (χ1) is 10.1. The number of hydrogen-bond acceptors (Lipinski definition) is 3. The fraction of sp³-hybridized carbons (Fsp3) is 0.250. The van der Waals surface area contributed by atoms with Gasteiger partial charge < -0.3 is 10.2 Å². The molecule has 0 aliphatic heterocycles. The fourth-order valence-electron chi connectivity index (χ4n) is 1.94. The molecule has 1 aromatic heterocycles. The van der Waals surface area contributed by atoms with Crippen LogP contribution in [0.2, 0.25) is 5.02 Å². The summed E-state index contributed by atoms with van der Waals surface area (Å²) >= 11 is 6.05. The average Bonchev–Trinajstić information content (AvgIpc) is 2.47. The summed E-state index contributed by atoms with van der Waals surface area (Å²) in [6, 6.07) is 11.7. The highest BCUT2D eigenvalue weighted by atomic mass is 35.5. The van der Waals surface area contributed by atoms with E-state index in [-0.39, 0.29) is 5.91 Å². The van der Waals surface area contributed by atoms with E-state index in [1.807, 2.05) is 44.3 Å². The summed E-state index contributed by atoms with van der Waals surface area (Å²) in [4.78, 5) is 18.2. The van der Waals surface area contributed by atoms with Gasteiger partial charge in [-0.2, -0.15) is 0 Å². The molecule has 0 aliphatic rings. The molecule has 21 heavy (non-hydrogen) atoms. The van der Waals surface area contributed by atoms with E-state index in [4.69, 9.17) is 11.6 Å². The molecular formula is C16H18ClN3O. The van der Waals surface area contributed by atoms with Gasteiger partial charge in [0.1, 0.15) is 0 Å². The largest absolute Gasteiger partial charge is 0.373 e. The molecule has 4 nitrogen and oxygen atoms in total. The van der Waals surface area contributed by atoms with Crippen molar-refractivity contribution in [1.82, 2.24) is 10.3 Å². The van der Waals surface area contributed by atoms with Gasteiger partial charge in [-0.3, -0.25) is 9.78 Å². The summed E-state index contributed by atoms with van der Waals surface area (Å²) in [5.74, 6) is -0.200. The van der Waals surface area contributed by atoms with Crippen molar-refractivity contribution in [1.29, 1.82) is 0 Å². The second-order valence-corrected chi connectivity index (χ2v) is 5.23. The van der Waals surface area contributed by atoms with Crippen LogP contribution in [0.4, 0.5) is 5.69 Å². The number of para-hydroxylation sites is 1. The predicted octanol–water partition coefficient (Wildman–Crippen LogP) is 2.91. The van der Waals surface area contributed by atoms with Crippen molar-refractivity contribution in [3.05, 3.63) is 58.9 Å². The molecule has 110 valence electrons. The number of nitrogens with one attached hydrogen (secondary N) is 1. The van der Waals surface area contributed by atoms with Crippen LogP contribution in [0.3, 0.4) is 0 Å². The molecule has 1 amide bonds. The third-order valence-electron chi connectivity index (χ3n) is 3.16. The number of rotatable bonds is 5. The van der Waals surface area contributed by atoms with Gasteiger partial charge in [0.15, 0.2) is 0 Å². The predicted molar refractivity (Wildman–Crippen MR) is 86.0 cm³/mol. The lowest BCUT2D eigenvalue weighted by atomic mass is 10.2. The maximum absolute atomic E-state index is 12.0. The standard InChI is InChI=1S/C16H18ClN3O/c1-12-10-15(17)14(11-19-12)16(21)18-8-9-20(2)13-6-4-3-5-7-13/h3-7,10-11H,8-9H2,1-2H3,(H,18,21). The summed E-state index contributed by atoms with van der Waals surface area (Å²) in [6.45, 7) is 3.09. The molecule has 0 atom stereocenters. The first-order valence-corrected chi connectivity index (χ1v) is 7.12. The van der Waals surface area contributed by atoms with E-state index in [9.17, 15) is 4.79 Å². The maximum atomic E-state index is 12.0. The van der Waals surface area contributed by atoms with Crippen LogP contribution in [0.1, 0.15) is 16.1 Å². The minimum atomic E-state index is -0.200. The van der Waals surface area contributed by atoms with Crippen LogP contribution < -0.4 is 10.2 Å². The van der Waals surface area contributed by atoms with Gasteiger partial charge in [-0.05, 0) is 25.1 Å². The lowest BCUT2D eigenvalue weighted by molar-refractivity contribution is 0.0954. The number of amides is 1. The van der Waals surface area contributed by atoms with Gasteiger partial charge in [0, 0.05) is 37.7 Å². The van der Waals surface area contributed by atoms with Crippen molar-refractivity contribution in [3.8, 4) is 0 Å². The van der Waals surface area contributed by atoms with Gasteiger partial charge in [-0.1, -0.05) is 29.8 Å². The highest BCUT2D eigenvalue weighted by Crippen LogP contribution is 2.15. The monoisotopic (exact) mass is 303 g/mol. The molecule has 2 rings (SSSR count). The van der Waals surface area contributed by atoms with Crippen LogP contribution in [-0.4, -0.2) is 31.0 Å². The first kappa shape index (κ1) is 15.3. The molecule has 0 fully saturated rings. The molecule has 0 aliphatic carbocycles. The molecule has 0 spiro atoms. The summed E-state index contributed by atoms with van der Waals surface area (Å²) in [5, 5.41) is 3.28. The Balaban J connectivity index is 1.87. The van der Waals surface area contributed by atoms with Crippen molar-refractivity contribution in [2.45, 2.75) is 6.92 Å². The zero-order chi connectivity index (χ0) is 15.2. The molecule has 1 N–H and O–H groups in total. The lowest BCUT2D eigenvalue weighted by Crippen LogP contribution is -2.33. The van der Waals surface area contributed by atoms with Gasteiger partial charge in [-0.15, -0.1) is 0 Å². The second kappa shape index (κ2) is 7.09. The van der Waals surface area contributed by atoms with Gasteiger partial charge in [-0.25, -0.2) is 0 Å². The van der Waals surface area contributed by atoms with Crippen LogP contribution in [0.5, 0.6) is 0 Å². The smallest absolute Gasteiger partial charge is 0.254 e. The van der Waals surface area contributed by atoms with E-state index in [1.165, 1.54) is 6.20 Å². The summed E-state index contributed by atoms with van der Waals surface area (Å²) in [7, 11) is 1.99. The number of carbonyl (C=O) groups is 1. The summed E-state index contributed by atoms with van der Waals surface area (Å²) < 4.78 is 0. The molecule has 0 radical (unpaired) electrons. The Labute approximate surface area is 129 Å². The Morgan fingerprint density at radius 1 is 1.33 bits per heavy atom. The van der Waals surface area contributed by atoms with Gasteiger partial charge in [0.25, 0.3) is 5.91 Å². The second-order valence-electron chi connectivity index (χ2n) is 4.82. The third kappa shape index (κ3) is 4.20. The van der Waals surface area contributed by atoms with E-state index in [1.54, 1.807) is 6.07 Å². The highest BCUT2D eigenvalue weighted by molar-refractivity contribution is 6.33. The number of likely N-dealkylation sites (N-methyl/N-ethyl adjacent to an activating group) is 1. The number of anilines is 1. The first-order valence-electron chi connectivity index (χ1n) is 6.74. The lowest BCUT2D eigenvalue weighted by Gasteiger charge is -2.19. The molecule has 5 heteroatoms. The SMILES string of the molecule is Cc1cc(Cl)c(C(=O)NCCN(C)c2ccccc2)cn1. The van der Waals surface area contributed by atoms with Gasteiger partial charge in [0.05, 0.1) is 10.6 Å². The summed E-state index contributed by atoms with van der Waals surface area (Å²) in [6.07, 6.45) is 1.51. The zero-order valence-corrected chi connectivity index (χ0v) is 12.9. The Morgan fingerprint density at radius 2 is 2.05 bits per heavy atom. The van der Waals surface area contributed by atoms with Crippen molar-refractivity contribution < 1.29 is 4.79 Å². The molecule has 1 heterocycles. The van der Waals surface area contributed by atoms with E-state index < -0.39 is 0 Å². The van der Waals surface area contributed by atoms with E-state index in [0.717, 1.165) is 11.4 Å². The van der Waals surface area contributed by atoms with Crippen molar-refractivity contribution >= 4 is 23.2 Å². The van der Waals surface area contributed by atoms with Gasteiger partial charge >= 0.3 is 0 Å². The van der Waals surface area contributed by atoms with E-state index in [0.29, 0.717) is 23.7 Å². The maximum Gasteiger partial charge on any atom is 0.254 e. The third-order valence-corrected chi connectivity index (χ3v) is 3.48. The van der Waals surface area contributed by atoms with Gasteiger partial charge in [0.2, 0.25) is 0 Å². The Kier molecular flexibility index (Phi) is 5.17. The number of aromatic nitrogens is 1. The van der Waals surface area contributed by atoms with Crippen LogP contribution in [0.15, 0.2) is 42.6 Å². The number of nitrogens with zero attached hydrogens (tertiary/aromatic N) is 2. The summed E-state index contributed by atoms with van der Waals surface area (Å²) in [5.41, 5.74) is 2.31. The van der Waals surface area contributed by atoms with E-state index in [2.05, 4.69) is 15.2 Å². The minimum Gasteiger partial charge on any atom is -0.373 e. The minimum absolute atomic E-state index is 0.200. The zero-order valence-electron chi connectivity index (χ0n) is 12.1. The Hall–Kier alpha value is -2.07. The molecule has 0 saturated heterocycles. The number of aryl methyl sites for hydroxylation is 1. The topological polar surface area (TPSA) is 45.2 Å². The van der Waals surface area contributed by atoms with Crippen LogP contribution in [0.25, 0.3) is 0 Å². The molecule has 2 aromatic rings. The number of hydrogen-bond donors (Lipinski definition) is 1. The average molecular weight is 304 g/mol. The van der Waals surface area contributed by atoms with Crippen molar-refractivity contribution in [3.63, 3.8) is 0 Å². The van der Waals surface area contributed by atoms with Crippen LogP contribution in [0, 0.1) is 6.92 Å². The van der Waals surface area contributed by atoms with Crippen molar-refractivity contribution in [2.24, 2.45) is 0 Å². The number of carbonyl (C=O) groups excluding carboxylic acids is 1.